The molecule has 0 saturated heterocycles. The normalized spacial score (nSPS) is 22.6. The van der Waals surface area contributed by atoms with Crippen LogP contribution in [0.3, 0.4) is 0 Å². The van der Waals surface area contributed by atoms with Gasteiger partial charge in [0.15, 0.2) is 5.78 Å². The van der Waals surface area contributed by atoms with Crippen molar-refractivity contribution in [1.29, 1.82) is 0 Å². The van der Waals surface area contributed by atoms with Crippen LogP contribution in [0, 0.1) is 18.8 Å². The van der Waals surface area contributed by atoms with Gasteiger partial charge in [0.25, 0.3) is 0 Å². The first kappa shape index (κ1) is 24.7. The Morgan fingerprint density at radius 1 is 1.12 bits per heavy atom. The van der Waals surface area contributed by atoms with E-state index in [-0.39, 0.29) is 18.3 Å². The Labute approximate surface area is 195 Å². The lowest BCUT2D eigenvalue weighted by Gasteiger charge is -2.38. The maximum Gasteiger partial charge on any atom is 0.336 e. The molecule has 0 radical (unpaired) electrons. The summed E-state index contributed by atoms with van der Waals surface area (Å²) in [6.07, 6.45) is 1.39. The third kappa shape index (κ3) is 5.03. The minimum absolute atomic E-state index is 0.123. The highest BCUT2D eigenvalue weighted by Gasteiger charge is 2.47. The van der Waals surface area contributed by atoms with Crippen molar-refractivity contribution in [2.45, 2.75) is 46.5 Å². The average Bonchev–Trinajstić information content (AvgIpc) is 2.78. The van der Waals surface area contributed by atoms with Crippen LogP contribution >= 0.6 is 0 Å². The summed E-state index contributed by atoms with van der Waals surface area (Å²) >= 11 is 0. The van der Waals surface area contributed by atoms with E-state index in [4.69, 9.17) is 14.2 Å². The number of esters is 2. The summed E-state index contributed by atoms with van der Waals surface area (Å²) < 4.78 is 15.9. The topological polar surface area (TPSA) is 90.9 Å². The molecule has 33 heavy (non-hydrogen) atoms. The summed E-state index contributed by atoms with van der Waals surface area (Å²) in [5.41, 5.74) is 4.01. The van der Waals surface area contributed by atoms with Gasteiger partial charge in [0, 0.05) is 29.5 Å². The predicted octanol–water partition coefficient (Wildman–Crippen LogP) is 3.58. The number of hydrogen-bond donors (Lipinski definition) is 1. The van der Waals surface area contributed by atoms with Gasteiger partial charge in [-0.1, -0.05) is 38.1 Å². The molecule has 7 heteroatoms. The van der Waals surface area contributed by atoms with Crippen LogP contribution in [0.1, 0.15) is 50.7 Å². The maximum absolute atomic E-state index is 13.7. The minimum atomic E-state index is -0.903. The molecule has 0 fully saturated rings. The largest absolute Gasteiger partial charge is 0.468 e. The third-order valence-electron chi connectivity index (χ3n) is 6.27. The van der Waals surface area contributed by atoms with Crippen molar-refractivity contribution in [1.82, 2.24) is 5.32 Å². The summed E-state index contributed by atoms with van der Waals surface area (Å²) in [4.78, 5) is 39.4. The van der Waals surface area contributed by atoms with E-state index in [0.717, 1.165) is 23.2 Å². The number of carbonyl (C=O) groups is 3. The molecule has 0 saturated carbocycles. The van der Waals surface area contributed by atoms with Crippen LogP contribution in [-0.4, -0.2) is 44.7 Å². The fourth-order valence-electron chi connectivity index (χ4n) is 4.69. The van der Waals surface area contributed by atoms with Gasteiger partial charge in [-0.05, 0) is 43.7 Å². The lowest BCUT2D eigenvalue weighted by atomic mass is 9.68. The van der Waals surface area contributed by atoms with Gasteiger partial charge in [-0.25, -0.2) is 4.79 Å². The van der Waals surface area contributed by atoms with Crippen LogP contribution in [-0.2, 0) is 28.6 Å². The quantitative estimate of drug-likeness (QED) is 0.364. The Morgan fingerprint density at radius 2 is 1.85 bits per heavy atom. The molecule has 1 N–H and O–H groups in total. The summed E-state index contributed by atoms with van der Waals surface area (Å²) in [6.45, 7) is 8.68. The van der Waals surface area contributed by atoms with Crippen LogP contribution in [0.5, 0.6) is 0 Å². The highest BCUT2D eigenvalue weighted by atomic mass is 16.6. The smallest absolute Gasteiger partial charge is 0.336 e. The number of Topliss-reactive ketones (excluding diaryl/α,β-unsaturated/α-hetero) is 1. The predicted molar refractivity (Wildman–Crippen MR) is 123 cm³/mol. The average molecular weight is 456 g/mol. The molecule has 0 bridgehead atoms. The van der Waals surface area contributed by atoms with E-state index in [9.17, 15) is 14.4 Å². The van der Waals surface area contributed by atoms with Crippen molar-refractivity contribution in [2.24, 2.45) is 11.8 Å². The van der Waals surface area contributed by atoms with Gasteiger partial charge in [0.2, 0.25) is 0 Å². The lowest BCUT2D eigenvalue weighted by Crippen LogP contribution is -2.43. The molecule has 1 aliphatic carbocycles. The van der Waals surface area contributed by atoms with E-state index in [1.54, 1.807) is 0 Å². The number of rotatable bonds is 8. The maximum atomic E-state index is 13.7. The molecule has 3 rings (SSSR count). The zero-order valence-electron chi connectivity index (χ0n) is 20.0. The number of allylic oxidation sites excluding steroid dienone is 3. The van der Waals surface area contributed by atoms with E-state index < -0.39 is 23.8 Å². The van der Waals surface area contributed by atoms with Gasteiger partial charge in [-0.2, -0.15) is 0 Å². The van der Waals surface area contributed by atoms with Crippen molar-refractivity contribution in [3.8, 4) is 0 Å². The zero-order valence-corrected chi connectivity index (χ0v) is 20.0. The van der Waals surface area contributed by atoms with Crippen LogP contribution in [0.4, 0.5) is 0 Å². The monoisotopic (exact) mass is 455 g/mol. The number of dihydropyridines is 1. The summed E-state index contributed by atoms with van der Waals surface area (Å²) in [6, 6.07) is 7.66. The minimum Gasteiger partial charge on any atom is -0.468 e. The second-order valence-corrected chi connectivity index (χ2v) is 8.64. The second kappa shape index (κ2) is 10.8. The number of ether oxygens (including phenoxy) is 3. The molecule has 2 aliphatic rings. The fourth-order valence-corrected chi connectivity index (χ4v) is 4.69. The van der Waals surface area contributed by atoms with Gasteiger partial charge in [0.05, 0.1) is 19.3 Å². The van der Waals surface area contributed by atoms with Crippen LogP contribution in [0.2, 0.25) is 0 Å². The van der Waals surface area contributed by atoms with Gasteiger partial charge < -0.3 is 19.5 Å². The first-order valence-electron chi connectivity index (χ1n) is 11.4. The van der Waals surface area contributed by atoms with Crippen LogP contribution in [0.15, 0.2) is 46.8 Å². The summed E-state index contributed by atoms with van der Waals surface area (Å²) in [7, 11) is 1.29. The lowest BCUT2D eigenvalue weighted by molar-refractivity contribution is -0.151. The van der Waals surface area contributed by atoms with Crippen LogP contribution in [0.25, 0.3) is 0 Å². The Balaban J connectivity index is 2.03. The molecule has 0 spiro atoms. The Morgan fingerprint density at radius 3 is 2.52 bits per heavy atom. The molecular formula is C26H33NO6. The Bertz CT molecular complexity index is 992. The Kier molecular flexibility index (Phi) is 8.08. The fraction of sp³-hybridized carbons (Fsp3) is 0.500. The summed E-state index contributed by atoms with van der Waals surface area (Å²) in [5.74, 6) is -3.10. The number of benzene rings is 1. The highest BCUT2D eigenvalue weighted by Crippen LogP contribution is 2.46. The summed E-state index contributed by atoms with van der Waals surface area (Å²) in [5, 5.41) is 3.27. The van der Waals surface area contributed by atoms with Crippen molar-refractivity contribution in [3.63, 3.8) is 0 Å². The molecule has 0 aromatic heterocycles. The molecule has 178 valence electrons. The van der Waals surface area contributed by atoms with Crippen molar-refractivity contribution < 1.29 is 28.6 Å². The molecule has 0 unspecified atom stereocenters. The van der Waals surface area contributed by atoms with E-state index in [1.807, 2.05) is 52.0 Å². The number of nitrogens with one attached hydrogen (secondary N) is 1. The first-order chi connectivity index (χ1) is 15.8. The molecule has 1 heterocycles. The van der Waals surface area contributed by atoms with Crippen molar-refractivity contribution in [2.75, 3.05) is 26.9 Å². The molecule has 1 aliphatic heterocycles. The number of carbonyl (C=O) groups excluding carboxylic acids is 3. The third-order valence-corrected chi connectivity index (χ3v) is 6.27. The molecular weight excluding hydrogens is 422 g/mol. The SMILES string of the molecule is CCCOCCOC(=O)C1=C(C)NC2=C(C(=O)[C@H](C(=O)OC)[C@H](C)C2)[C@@H]1c1ccccc1C. The van der Waals surface area contributed by atoms with Crippen LogP contribution < -0.4 is 5.32 Å². The Hall–Kier alpha value is -2.93. The highest BCUT2D eigenvalue weighted by molar-refractivity contribution is 6.12. The molecule has 0 amide bonds. The number of aryl methyl sites for hydroxylation is 1. The number of methoxy groups -OCH3 is 1. The molecule has 1 aromatic carbocycles. The van der Waals surface area contributed by atoms with Crippen molar-refractivity contribution >= 4 is 17.7 Å². The van der Waals surface area contributed by atoms with E-state index in [1.165, 1.54) is 7.11 Å². The van der Waals surface area contributed by atoms with Gasteiger partial charge >= 0.3 is 11.9 Å². The van der Waals surface area contributed by atoms with Gasteiger partial charge in [-0.3, -0.25) is 9.59 Å². The van der Waals surface area contributed by atoms with E-state index >= 15 is 0 Å². The van der Waals surface area contributed by atoms with Crippen molar-refractivity contribution in [3.05, 3.63) is 57.9 Å². The van der Waals surface area contributed by atoms with E-state index in [2.05, 4.69) is 5.32 Å². The first-order valence-corrected chi connectivity index (χ1v) is 11.4. The molecule has 1 aromatic rings. The molecule has 3 atom stereocenters. The van der Waals surface area contributed by atoms with Gasteiger partial charge in [-0.15, -0.1) is 0 Å². The number of ketones is 1. The standard InChI is InChI=1S/C26H33NO6/c1-6-11-32-12-13-33-26(30)21-17(4)27-19-14-16(3)20(25(29)31-5)24(28)23(19)22(21)18-10-8-7-9-15(18)2/h7-10,16,20,22,27H,6,11-14H2,1-5H3/t16-,20-,22-/m1/s1. The molecule has 7 nitrogen and oxygen atoms in total. The van der Waals surface area contributed by atoms with E-state index in [0.29, 0.717) is 36.5 Å². The zero-order chi connectivity index (χ0) is 24.1. The number of hydrogen-bond acceptors (Lipinski definition) is 7. The second-order valence-electron chi connectivity index (χ2n) is 8.64. The van der Waals surface area contributed by atoms with Gasteiger partial charge in [0.1, 0.15) is 12.5 Å².